The predicted molar refractivity (Wildman–Crippen MR) is 101 cm³/mol. The van der Waals surface area contributed by atoms with E-state index in [1.165, 1.54) is 0 Å². The summed E-state index contributed by atoms with van der Waals surface area (Å²) in [7, 11) is 0. The molecule has 0 aliphatic heterocycles. The lowest BCUT2D eigenvalue weighted by Gasteiger charge is -2.15. The summed E-state index contributed by atoms with van der Waals surface area (Å²) < 4.78 is 0. The molecule has 1 aromatic carbocycles. The molecule has 0 amide bonds. The van der Waals surface area contributed by atoms with Crippen LogP contribution in [0.1, 0.15) is 34.1 Å². The standard InChI is InChI=1S/C19H19N3O2S/c1-4-14-12(3)20-18(16-6-5-9-25-16)22-17(14)21-15-8-7-13(19(23)24)10-11(15)2/h5-10H,4H2,1-3H3,(H,23,24)(H,20,21,22). The van der Waals surface area contributed by atoms with Crippen LogP contribution < -0.4 is 5.32 Å². The number of nitrogens with one attached hydrogen (secondary N) is 1. The maximum Gasteiger partial charge on any atom is 0.335 e. The summed E-state index contributed by atoms with van der Waals surface area (Å²) in [6, 6.07) is 9.01. The molecule has 0 unspecified atom stereocenters. The molecule has 0 bridgehead atoms. The van der Waals surface area contributed by atoms with Gasteiger partial charge in [0.25, 0.3) is 0 Å². The van der Waals surface area contributed by atoms with Crippen molar-refractivity contribution >= 4 is 28.8 Å². The smallest absolute Gasteiger partial charge is 0.335 e. The zero-order chi connectivity index (χ0) is 18.0. The fourth-order valence-electron chi connectivity index (χ4n) is 2.70. The van der Waals surface area contributed by atoms with Crippen molar-refractivity contribution < 1.29 is 9.90 Å². The average molecular weight is 353 g/mol. The Bertz CT molecular complexity index is 921. The summed E-state index contributed by atoms with van der Waals surface area (Å²) in [4.78, 5) is 21.5. The van der Waals surface area contributed by atoms with E-state index in [4.69, 9.17) is 10.1 Å². The highest BCUT2D eigenvalue weighted by Gasteiger charge is 2.14. The Morgan fingerprint density at radius 3 is 2.64 bits per heavy atom. The Hall–Kier alpha value is -2.73. The van der Waals surface area contributed by atoms with Gasteiger partial charge in [-0.15, -0.1) is 11.3 Å². The molecule has 3 aromatic rings. The number of carboxylic acid groups (broad SMARTS) is 1. The molecule has 0 fully saturated rings. The second kappa shape index (κ2) is 7.03. The van der Waals surface area contributed by atoms with Gasteiger partial charge >= 0.3 is 5.97 Å². The first kappa shape index (κ1) is 17.1. The lowest BCUT2D eigenvalue weighted by atomic mass is 10.1. The first-order valence-electron chi connectivity index (χ1n) is 8.02. The first-order valence-corrected chi connectivity index (χ1v) is 8.90. The quantitative estimate of drug-likeness (QED) is 0.687. The summed E-state index contributed by atoms with van der Waals surface area (Å²) in [5, 5.41) is 14.5. The maximum atomic E-state index is 11.1. The molecular formula is C19H19N3O2S. The Morgan fingerprint density at radius 2 is 2.04 bits per heavy atom. The molecule has 25 heavy (non-hydrogen) atoms. The van der Waals surface area contributed by atoms with Crippen LogP contribution in [-0.4, -0.2) is 21.0 Å². The van der Waals surface area contributed by atoms with Crippen molar-refractivity contribution in [1.82, 2.24) is 9.97 Å². The van der Waals surface area contributed by atoms with Crippen LogP contribution in [0.5, 0.6) is 0 Å². The summed E-state index contributed by atoms with van der Waals surface area (Å²) >= 11 is 1.60. The number of aromatic carboxylic acids is 1. The van der Waals surface area contributed by atoms with Crippen LogP contribution in [0.4, 0.5) is 11.5 Å². The second-order valence-corrected chi connectivity index (χ2v) is 6.70. The zero-order valence-corrected chi connectivity index (χ0v) is 15.1. The fraction of sp³-hybridized carbons (Fsp3) is 0.211. The number of hydrogen-bond donors (Lipinski definition) is 2. The highest BCUT2D eigenvalue weighted by atomic mass is 32.1. The Morgan fingerprint density at radius 1 is 1.24 bits per heavy atom. The SMILES string of the molecule is CCc1c(C)nc(-c2cccs2)nc1Nc1ccc(C(=O)O)cc1C. The number of carbonyl (C=O) groups is 1. The lowest BCUT2D eigenvalue weighted by Crippen LogP contribution is -2.06. The minimum Gasteiger partial charge on any atom is -0.478 e. The van der Waals surface area contributed by atoms with E-state index in [1.54, 1.807) is 29.5 Å². The molecule has 2 aromatic heterocycles. The number of nitrogens with zero attached hydrogens (tertiary/aromatic N) is 2. The summed E-state index contributed by atoms with van der Waals surface area (Å²) in [5.41, 5.74) is 3.98. The zero-order valence-electron chi connectivity index (χ0n) is 14.3. The van der Waals surface area contributed by atoms with Gasteiger partial charge in [-0.3, -0.25) is 0 Å². The Kier molecular flexibility index (Phi) is 4.81. The van der Waals surface area contributed by atoms with E-state index in [2.05, 4.69) is 17.2 Å². The second-order valence-electron chi connectivity index (χ2n) is 5.75. The van der Waals surface area contributed by atoms with Gasteiger partial charge in [0.05, 0.1) is 10.4 Å². The number of hydrogen-bond acceptors (Lipinski definition) is 5. The Labute approximate surface area is 150 Å². The van der Waals surface area contributed by atoms with Crippen molar-refractivity contribution in [2.75, 3.05) is 5.32 Å². The van der Waals surface area contributed by atoms with Gasteiger partial charge in [-0.2, -0.15) is 0 Å². The maximum absolute atomic E-state index is 11.1. The predicted octanol–water partition coefficient (Wildman–Crippen LogP) is 4.83. The monoisotopic (exact) mass is 353 g/mol. The number of anilines is 2. The first-order chi connectivity index (χ1) is 12.0. The van der Waals surface area contributed by atoms with Crippen molar-refractivity contribution in [3.05, 3.63) is 58.1 Å². The van der Waals surface area contributed by atoms with Crippen molar-refractivity contribution in [2.24, 2.45) is 0 Å². The minimum atomic E-state index is -0.929. The summed E-state index contributed by atoms with van der Waals surface area (Å²) in [6.45, 7) is 5.94. The third-order valence-electron chi connectivity index (χ3n) is 4.04. The lowest BCUT2D eigenvalue weighted by molar-refractivity contribution is 0.0697. The molecule has 0 aliphatic rings. The van der Waals surface area contributed by atoms with Gasteiger partial charge in [0.1, 0.15) is 5.82 Å². The van der Waals surface area contributed by atoms with Gasteiger partial charge in [-0.05, 0) is 55.5 Å². The third kappa shape index (κ3) is 3.53. The van der Waals surface area contributed by atoms with Crippen molar-refractivity contribution in [3.8, 4) is 10.7 Å². The topological polar surface area (TPSA) is 75.1 Å². The number of benzene rings is 1. The summed E-state index contributed by atoms with van der Waals surface area (Å²) in [6.07, 6.45) is 0.811. The minimum absolute atomic E-state index is 0.275. The molecule has 3 rings (SSSR count). The van der Waals surface area contributed by atoms with Gasteiger partial charge < -0.3 is 10.4 Å². The number of aromatic nitrogens is 2. The van der Waals surface area contributed by atoms with E-state index in [0.717, 1.165) is 39.6 Å². The normalized spacial score (nSPS) is 10.7. The number of aryl methyl sites for hydroxylation is 2. The third-order valence-corrected chi connectivity index (χ3v) is 4.90. The summed E-state index contributed by atoms with van der Waals surface area (Å²) in [5.74, 6) is 0.540. The molecule has 2 N–H and O–H groups in total. The molecule has 0 saturated carbocycles. The highest BCUT2D eigenvalue weighted by Crippen LogP contribution is 2.29. The van der Waals surface area contributed by atoms with E-state index in [9.17, 15) is 4.79 Å². The number of thiophene rings is 1. The largest absolute Gasteiger partial charge is 0.478 e. The van der Waals surface area contributed by atoms with Gasteiger partial charge in [0.2, 0.25) is 0 Å². The number of rotatable bonds is 5. The van der Waals surface area contributed by atoms with E-state index < -0.39 is 5.97 Å². The van der Waals surface area contributed by atoms with Crippen molar-refractivity contribution in [3.63, 3.8) is 0 Å². The highest BCUT2D eigenvalue weighted by molar-refractivity contribution is 7.13. The van der Waals surface area contributed by atoms with Crippen LogP contribution in [-0.2, 0) is 6.42 Å². The van der Waals surface area contributed by atoms with Crippen LogP contribution in [0.2, 0.25) is 0 Å². The van der Waals surface area contributed by atoms with Gasteiger partial charge in [-0.1, -0.05) is 13.0 Å². The molecule has 5 nitrogen and oxygen atoms in total. The Balaban J connectivity index is 2.03. The van der Waals surface area contributed by atoms with Crippen LogP contribution in [0, 0.1) is 13.8 Å². The number of carboxylic acids is 1. The molecule has 6 heteroatoms. The molecule has 0 radical (unpaired) electrons. The molecular weight excluding hydrogens is 334 g/mol. The molecule has 0 atom stereocenters. The molecule has 0 saturated heterocycles. The molecule has 0 aliphatic carbocycles. The van der Waals surface area contributed by atoms with Gasteiger partial charge in [0.15, 0.2) is 5.82 Å². The van der Waals surface area contributed by atoms with Gasteiger partial charge in [0, 0.05) is 16.9 Å². The van der Waals surface area contributed by atoms with E-state index in [1.807, 2.05) is 31.4 Å². The van der Waals surface area contributed by atoms with Crippen LogP contribution >= 0.6 is 11.3 Å². The van der Waals surface area contributed by atoms with E-state index >= 15 is 0 Å². The molecule has 0 spiro atoms. The van der Waals surface area contributed by atoms with Crippen molar-refractivity contribution in [1.29, 1.82) is 0 Å². The fourth-order valence-corrected chi connectivity index (χ4v) is 3.36. The van der Waals surface area contributed by atoms with Crippen LogP contribution in [0.15, 0.2) is 35.7 Å². The van der Waals surface area contributed by atoms with E-state index in [-0.39, 0.29) is 5.56 Å². The molecule has 128 valence electrons. The van der Waals surface area contributed by atoms with Crippen LogP contribution in [0.25, 0.3) is 10.7 Å². The van der Waals surface area contributed by atoms with Crippen LogP contribution in [0.3, 0.4) is 0 Å². The average Bonchev–Trinajstić information content (AvgIpc) is 3.10. The van der Waals surface area contributed by atoms with Gasteiger partial charge in [-0.25, -0.2) is 14.8 Å². The molecule has 2 heterocycles. The van der Waals surface area contributed by atoms with E-state index in [0.29, 0.717) is 5.82 Å². The van der Waals surface area contributed by atoms with Crippen molar-refractivity contribution in [2.45, 2.75) is 27.2 Å².